The molecule has 2 aliphatic carbocycles. The fourth-order valence-corrected chi connectivity index (χ4v) is 6.68. The summed E-state index contributed by atoms with van der Waals surface area (Å²) in [6.07, 6.45) is 6.87. The lowest BCUT2D eigenvalue weighted by molar-refractivity contribution is -0.213. The molecule has 0 radical (unpaired) electrons. The van der Waals surface area contributed by atoms with Crippen molar-refractivity contribution in [3.05, 3.63) is 11.6 Å². The average Bonchev–Trinajstić information content (AvgIpc) is 3.20. The van der Waals surface area contributed by atoms with E-state index in [2.05, 4.69) is 33.8 Å². The molecule has 8 atom stereocenters. The Balaban J connectivity index is 1.55. The van der Waals surface area contributed by atoms with Crippen molar-refractivity contribution in [2.24, 2.45) is 22.7 Å². The van der Waals surface area contributed by atoms with Gasteiger partial charge in [0.2, 0.25) is 12.6 Å². The van der Waals surface area contributed by atoms with E-state index in [1.54, 1.807) is 0 Å². The molecule has 4 aliphatic rings. The van der Waals surface area contributed by atoms with Crippen molar-refractivity contribution in [3.63, 3.8) is 0 Å². The first kappa shape index (κ1) is 21.8. The number of allylic oxidation sites excluding steroid dienone is 2. The first-order valence-corrected chi connectivity index (χ1v) is 11.4. The molecule has 0 bridgehead atoms. The van der Waals surface area contributed by atoms with E-state index in [1.165, 1.54) is 38.7 Å². The molecule has 1 spiro atoms. The monoisotopic (exact) mass is 420 g/mol. The third kappa shape index (κ3) is 3.40. The lowest BCUT2D eigenvalue weighted by Gasteiger charge is -2.58. The zero-order valence-electron chi connectivity index (χ0n) is 19.2. The van der Waals surface area contributed by atoms with Gasteiger partial charge < -0.3 is 14.2 Å². The van der Waals surface area contributed by atoms with Crippen molar-refractivity contribution < 1.29 is 28.5 Å². The van der Waals surface area contributed by atoms with Crippen LogP contribution in [0.15, 0.2) is 11.6 Å². The summed E-state index contributed by atoms with van der Waals surface area (Å²) in [5.74, 6) is 0.346. The summed E-state index contributed by atoms with van der Waals surface area (Å²) in [5, 5.41) is 0. The molecular weight excluding hydrogens is 384 g/mol. The Kier molecular flexibility index (Phi) is 5.33. The van der Waals surface area contributed by atoms with Crippen molar-refractivity contribution >= 4 is 11.9 Å². The third-order valence-corrected chi connectivity index (χ3v) is 8.80. The van der Waals surface area contributed by atoms with E-state index >= 15 is 0 Å². The Hall–Kier alpha value is -1.40. The third-order valence-electron chi connectivity index (χ3n) is 8.80. The molecule has 6 nitrogen and oxygen atoms in total. The van der Waals surface area contributed by atoms with Gasteiger partial charge in [0.15, 0.2) is 5.60 Å². The van der Waals surface area contributed by atoms with E-state index in [9.17, 15) is 9.59 Å². The van der Waals surface area contributed by atoms with Crippen molar-refractivity contribution in [1.82, 2.24) is 0 Å². The van der Waals surface area contributed by atoms with Crippen molar-refractivity contribution in [3.8, 4) is 0 Å². The SMILES string of the molecule is CC(=O)OC1CC2(OC2CC2(C)C(C)CCC3(C)C(C)=CCCC32)C(OC(C)=O)O1. The molecule has 1 saturated carbocycles. The van der Waals surface area contributed by atoms with Gasteiger partial charge in [-0.25, -0.2) is 0 Å². The van der Waals surface area contributed by atoms with E-state index in [4.69, 9.17) is 18.9 Å². The summed E-state index contributed by atoms with van der Waals surface area (Å²) in [6, 6.07) is 0. The van der Waals surface area contributed by atoms with Crippen molar-refractivity contribution in [1.29, 1.82) is 0 Å². The smallest absolute Gasteiger partial charge is 0.305 e. The van der Waals surface area contributed by atoms with Crippen molar-refractivity contribution in [2.45, 2.75) is 104 Å². The minimum Gasteiger partial charge on any atom is -0.436 e. The van der Waals surface area contributed by atoms with Gasteiger partial charge >= 0.3 is 11.9 Å². The molecule has 2 aliphatic heterocycles. The van der Waals surface area contributed by atoms with Gasteiger partial charge in [-0.05, 0) is 61.7 Å². The molecule has 0 amide bonds. The van der Waals surface area contributed by atoms with E-state index in [0.717, 1.165) is 12.8 Å². The summed E-state index contributed by atoms with van der Waals surface area (Å²) in [5.41, 5.74) is 1.18. The van der Waals surface area contributed by atoms with Crippen LogP contribution in [-0.4, -0.2) is 36.2 Å². The van der Waals surface area contributed by atoms with Gasteiger partial charge in [0.1, 0.15) is 0 Å². The second-order valence-electron chi connectivity index (χ2n) is 10.5. The number of carbonyl (C=O) groups is 2. The van der Waals surface area contributed by atoms with Crippen LogP contribution in [0.25, 0.3) is 0 Å². The molecule has 0 aromatic heterocycles. The minimum atomic E-state index is -0.828. The number of fused-ring (bicyclic) bond motifs is 1. The number of rotatable bonds is 4. The van der Waals surface area contributed by atoms with E-state index in [0.29, 0.717) is 18.3 Å². The van der Waals surface area contributed by atoms with Crippen LogP contribution in [0.3, 0.4) is 0 Å². The van der Waals surface area contributed by atoms with Crippen LogP contribution in [0.2, 0.25) is 0 Å². The second-order valence-corrected chi connectivity index (χ2v) is 10.5. The first-order valence-electron chi connectivity index (χ1n) is 11.4. The predicted molar refractivity (Wildman–Crippen MR) is 110 cm³/mol. The van der Waals surface area contributed by atoms with Gasteiger partial charge in [-0.2, -0.15) is 0 Å². The summed E-state index contributed by atoms with van der Waals surface area (Å²) in [7, 11) is 0. The maximum absolute atomic E-state index is 11.7. The highest BCUT2D eigenvalue weighted by Gasteiger charge is 2.71. The zero-order chi connectivity index (χ0) is 21.9. The molecule has 0 aromatic carbocycles. The van der Waals surface area contributed by atoms with E-state index in [1.807, 2.05) is 0 Å². The highest BCUT2D eigenvalue weighted by molar-refractivity contribution is 5.66. The maximum Gasteiger partial charge on any atom is 0.305 e. The van der Waals surface area contributed by atoms with Gasteiger partial charge in [-0.15, -0.1) is 0 Å². The summed E-state index contributed by atoms with van der Waals surface area (Å²) < 4.78 is 22.7. The van der Waals surface area contributed by atoms with E-state index < -0.39 is 30.1 Å². The number of carbonyl (C=O) groups excluding carboxylic acids is 2. The Morgan fingerprint density at radius 3 is 2.53 bits per heavy atom. The van der Waals surface area contributed by atoms with Crippen LogP contribution in [-0.2, 0) is 28.5 Å². The Morgan fingerprint density at radius 1 is 1.17 bits per heavy atom. The van der Waals surface area contributed by atoms with Crippen LogP contribution < -0.4 is 0 Å². The quantitative estimate of drug-likeness (QED) is 0.378. The number of esters is 2. The van der Waals surface area contributed by atoms with Gasteiger partial charge in [-0.1, -0.05) is 32.4 Å². The fraction of sp³-hybridized carbons (Fsp3) is 0.833. The minimum absolute atomic E-state index is 0.0663. The van der Waals surface area contributed by atoms with Crippen LogP contribution in [0.5, 0.6) is 0 Å². The molecule has 4 rings (SSSR count). The number of hydrogen-bond acceptors (Lipinski definition) is 6. The average molecular weight is 421 g/mol. The summed E-state index contributed by atoms with van der Waals surface area (Å²) in [4.78, 5) is 23.1. The normalized spacial score (nSPS) is 47.4. The lowest BCUT2D eigenvalue weighted by Crippen LogP contribution is -2.50. The highest BCUT2D eigenvalue weighted by atomic mass is 16.8. The van der Waals surface area contributed by atoms with Gasteiger partial charge in [0.05, 0.1) is 6.10 Å². The van der Waals surface area contributed by atoms with Crippen molar-refractivity contribution in [2.75, 3.05) is 0 Å². The molecule has 2 saturated heterocycles. The Bertz CT molecular complexity index is 761. The first-order chi connectivity index (χ1) is 14.0. The molecule has 0 N–H and O–H groups in total. The van der Waals surface area contributed by atoms with Gasteiger partial charge in [-0.3, -0.25) is 14.3 Å². The highest BCUT2D eigenvalue weighted by Crippen LogP contribution is 2.64. The fourth-order valence-electron chi connectivity index (χ4n) is 6.68. The summed E-state index contributed by atoms with van der Waals surface area (Å²) in [6.45, 7) is 12.2. The molecule has 3 fully saturated rings. The molecular formula is C24H36O6. The van der Waals surface area contributed by atoms with E-state index in [-0.39, 0.29) is 16.9 Å². The van der Waals surface area contributed by atoms with Gasteiger partial charge in [0.25, 0.3) is 0 Å². The van der Waals surface area contributed by atoms with Crippen LogP contribution >= 0.6 is 0 Å². The number of hydrogen-bond donors (Lipinski definition) is 0. The van der Waals surface area contributed by atoms with Crippen LogP contribution in [0.4, 0.5) is 0 Å². The topological polar surface area (TPSA) is 74.4 Å². The number of epoxide rings is 1. The standard InChI is InChI=1S/C24H36O6/c1-14-8-7-9-18-22(14,5)11-10-15(2)23(18,6)12-19-24(30-19)13-20(27-16(3)25)29-21(24)28-17(4)26/h8,15,18-21H,7,9-13H2,1-6H3. The van der Waals surface area contributed by atoms with Crippen LogP contribution in [0, 0.1) is 22.7 Å². The maximum atomic E-state index is 11.7. The van der Waals surface area contributed by atoms with Crippen LogP contribution in [0.1, 0.15) is 80.1 Å². The predicted octanol–water partition coefficient (Wildman–Crippen LogP) is 4.51. The Labute approximate surface area is 179 Å². The second kappa shape index (κ2) is 7.33. The zero-order valence-corrected chi connectivity index (χ0v) is 19.2. The molecule has 2 heterocycles. The molecule has 0 aromatic rings. The van der Waals surface area contributed by atoms with Gasteiger partial charge in [0, 0.05) is 20.3 Å². The summed E-state index contributed by atoms with van der Waals surface area (Å²) >= 11 is 0. The molecule has 6 heteroatoms. The lowest BCUT2D eigenvalue weighted by atomic mass is 9.47. The molecule has 168 valence electrons. The molecule has 8 unspecified atom stereocenters. The molecule has 30 heavy (non-hydrogen) atoms. The largest absolute Gasteiger partial charge is 0.436 e. The number of ether oxygens (including phenoxy) is 4. The Morgan fingerprint density at radius 2 is 1.87 bits per heavy atom.